The first-order valence-electron chi connectivity index (χ1n) is 8.24. The van der Waals surface area contributed by atoms with Crippen LogP contribution in [0.15, 0.2) is 23.2 Å². The lowest BCUT2D eigenvalue weighted by Gasteiger charge is -2.49. The van der Waals surface area contributed by atoms with Gasteiger partial charge < -0.3 is 4.90 Å². The Labute approximate surface area is 160 Å². The van der Waals surface area contributed by atoms with Crippen LogP contribution in [0.1, 0.15) is 19.3 Å². The molecule has 4 nitrogen and oxygen atoms in total. The lowest BCUT2D eigenvalue weighted by Crippen LogP contribution is -2.59. The number of piperidine rings is 3. The number of halogens is 3. The van der Waals surface area contributed by atoms with Gasteiger partial charge in [0.2, 0.25) is 0 Å². The molecule has 4 aliphatic heterocycles. The molecule has 25 heavy (non-hydrogen) atoms. The zero-order valence-electron chi connectivity index (χ0n) is 13.4. The molecule has 1 aromatic carbocycles. The van der Waals surface area contributed by atoms with Gasteiger partial charge in [-0.1, -0.05) is 11.6 Å². The molecule has 0 radical (unpaired) electrons. The Morgan fingerprint density at radius 2 is 2.16 bits per heavy atom. The average Bonchev–Trinajstić information content (AvgIpc) is 3.10. The standard InChI is InChI=1S/C17H17ClFN3OS.ClH/c18-16-15(19)12-2-1-11(7-13(12)24-16)20-14-8-17(23-21-14)9-22-5-3-10(17)4-6-22;/h1-2,7,10H,3-6,8-9H2,(H,20,21);1H/t17-;/m0./s1. The second-order valence-electron chi connectivity index (χ2n) is 6.92. The summed E-state index contributed by atoms with van der Waals surface area (Å²) in [6, 6.07) is 5.45. The maximum Gasteiger partial charge on any atom is 0.160 e. The van der Waals surface area contributed by atoms with E-state index in [0.717, 1.165) is 29.2 Å². The predicted molar refractivity (Wildman–Crippen MR) is 102 cm³/mol. The molecule has 134 valence electrons. The normalized spacial score (nSPS) is 32.3. The Hall–Kier alpha value is -0.920. The molecule has 2 bridgehead atoms. The number of hydrogen-bond donors (Lipinski definition) is 1. The van der Waals surface area contributed by atoms with Crippen molar-refractivity contribution in [1.82, 2.24) is 10.4 Å². The second-order valence-corrected chi connectivity index (χ2v) is 8.58. The van der Waals surface area contributed by atoms with Gasteiger partial charge >= 0.3 is 0 Å². The van der Waals surface area contributed by atoms with Crippen LogP contribution in [0.2, 0.25) is 4.34 Å². The topological polar surface area (TPSA) is 36.9 Å². The molecule has 1 N–H and O–H groups in total. The van der Waals surface area contributed by atoms with Crippen LogP contribution in [-0.2, 0) is 4.84 Å². The van der Waals surface area contributed by atoms with E-state index in [1.54, 1.807) is 6.07 Å². The highest BCUT2D eigenvalue weighted by atomic mass is 35.5. The summed E-state index contributed by atoms with van der Waals surface area (Å²) in [5.41, 5.74) is 3.71. The third-order valence-corrected chi connectivity index (χ3v) is 6.81. The van der Waals surface area contributed by atoms with Crippen molar-refractivity contribution in [2.24, 2.45) is 10.9 Å². The molecule has 6 rings (SSSR count). The van der Waals surface area contributed by atoms with Crippen molar-refractivity contribution in [3.63, 3.8) is 0 Å². The number of aliphatic imine (C=N–C) groups is 1. The van der Waals surface area contributed by atoms with Gasteiger partial charge in [-0.2, -0.15) is 0 Å². The van der Waals surface area contributed by atoms with Gasteiger partial charge in [-0.15, -0.1) is 23.7 Å². The maximum atomic E-state index is 13.8. The number of thiophene rings is 1. The highest BCUT2D eigenvalue weighted by Crippen LogP contribution is 2.42. The molecule has 1 atom stereocenters. The molecular formula is C17H18Cl2FN3OS. The van der Waals surface area contributed by atoms with Crippen LogP contribution in [-0.4, -0.2) is 36.0 Å². The Bertz CT molecular complexity index is 850. The number of benzene rings is 1. The first kappa shape index (κ1) is 17.5. The van der Waals surface area contributed by atoms with Crippen LogP contribution in [0.5, 0.6) is 0 Å². The van der Waals surface area contributed by atoms with Gasteiger partial charge in [0.1, 0.15) is 15.8 Å². The summed E-state index contributed by atoms with van der Waals surface area (Å²) >= 11 is 7.12. The van der Waals surface area contributed by atoms with Gasteiger partial charge in [-0.3, -0.25) is 10.3 Å². The van der Waals surface area contributed by atoms with Crippen molar-refractivity contribution < 1.29 is 9.23 Å². The van der Waals surface area contributed by atoms with E-state index < -0.39 is 0 Å². The third-order valence-electron chi connectivity index (χ3n) is 5.50. The van der Waals surface area contributed by atoms with Gasteiger partial charge in [0.05, 0.1) is 5.69 Å². The van der Waals surface area contributed by atoms with Crippen LogP contribution in [0.4, 0.5) is 10.1 Å². The van der Waals surface area contributed by atoms with E-state index in [4.69, 9.17) is 16.4 Å². The highest BCUT2D eigenvalue weighted by molar-refractivity contribution is 7.22. The van der Waals surface area contributed by atoms with Crippen molar-refractivity contribution in [3.8, 4) is 0 Å². The van der Waals surface area contributed by atoms with Gasteiger partial charge in [0, 0.05) is 23.1 Å². The Morgan fingerprint density at radius 3 is 2.88 bits per heavy atom. The second kappa shape index (κ2) is 6.35. The highest BCUT2D eigenvalue weighted by Gasteiger charge is 2.52. The molecule has 0 saturated carbocycles. The lowest BCUT2D eigenvalue weighted by molar-refractivity contribution is -0.150. The Kier molecular flexibility index (Phi) is 4.45. The summed E-state index contributed by atoms with van der Waals surface area (Å²) < 4.78 is 14.8. The summed E-state index contributed by atoms with van der Waals surface area (Å²) in [5.74, 6) is 1.12. The van der Waals surface area contributed by atoms with Gasteiger partial charge in [-0.05, 0) is 50.0 Å². The smallest absolute Gasteiger partial charge is 0.160 e. The van der Waals surface area contributed by atoms with E-state index >= 15 is 0 Å². The number of hydrogen-bond acceptors (Lipinski definition) is 4. The Balaban J connectivity index is 0.00000157. The van der Waals surface area contributed by atoms with Crippen molar-refractivity contribution in [3.05, 3.63) is 28.4 Å². The van der Waals surface area contributed by atoms with Crippen LogP contribution in [0.3, 0.4) is 0 Å². The molecule has 0 aliphatic carbocycles. The number of nitrogens with zero attached hydrogens (tertiary/aromatic N) is 2. The third kappa shape index (κ3) is 2.84. The zero-order chi connectivity index (χ0) is 16.3. The number of hydroxylamine groups is 1. The van der Waals surface area contributed by atoms with E-state index in [0.29, 0.717) is 11.3 Å². The Morgan fingerprint density at radius 1 is 1.36 bits per heavy atom. The van der Waals surface area contributed by atoms with Crippen LogP contribution in [0.25, 0.3) is 10.1 Å². The van der Waals surface area contributed by atoms with Crippen molar-refractivity contribution in [2.75, 3.05) is 19.6 Å². The van der Waals surface area contributed by atoms with E-state index in [2.05, 4.69) is 15.4 Å². The summed E-state index contributed by atoms with van der Waals surface area (Å²) in [4.78, 5) is 13.2. The van der Waals surface area contributed by atoms with E-state index in [9.17, 15) is 4.39 Å². The molecule has 2 aromatic rings. The van der Waals surface area contributed by atoms with Crippen molar-refractivity contribution in [2.45, 2.75) is 24.9 Å². The zero-order valence-corrected chi connectivity index (χ0v) is 15.8. The van der Waals surface area contributed by atoms with E-state index in [1.807, 2.05) is 12.1 Å². The predicted octanol–water partition coefficient (Wildman–Crippen LogP) is 4.53. The molecule has 5 heterocycles. The molecule has 4 aliphatic rings. The van der Waals surface area contributed by atoms with Crippen molar-refractivity contribution in [1.29, 1.82) is 0 Å². The maximum absolute atomic E-state index is 13.8. The summed E-state index contributed by atoms with van der Waals surface area (Å²) in [5, 5.41) is 0.554. The molecule has 8 heteroatoms. The molecule has 4 fully saturated rings. The van der Waals surface area contributed by atoms with E-state index in [-0.39, 0.29) is 28.2 Å². The largest absolute Gasteiger partial charge is 0.300 e. The fraction of sp³-hybridized carbons (Fsp3) is 0.471. The summed E-state index contributed by atoms with van der Waals surface area (Å²) in [6.07, 6.45) is 3.22. The molecular weight excluding hydrogens is 384 g/mol. The summed E-state index contributed by atoms with van der Waals surface area (Å²) in [7, 11) is 0. The van der Waals surface area contributed by atoms with Crippen LogP contribution < -0.4 is 5.48 Å². The number of rotatable bonds is 1. The monoisotopic (exact) mass is 401 g/mol. The fourth-order valence-corrected chi connectivity index (χ4v) is 5.46. The van der Waals surface area contributed by atoms with E-state index in [1.165, 1.54) is 37.3 Å². The molecule has 0 amide bonds. The van der Waals surface area contributed by atoms with Crippen LogP contribution >= 0.6 is 35.3 Å². The quantitative estimate of drug-likeness (QED) is 0.761. The molecule has 1 spiro atoms. The minimum Gasteiger partial charge on any atom is -0.300 e. The van der Waals surface area contributed by atoms with Gasteiger partial charge in [0.25, 0.3) is 0 Å². The lowest BCUT2D eigenvalue weighted by atomic mass is 9.74. The average molecular weight is 402 g/mol. The molecule has 1 aromatic heterocycles. The molecule has 0 unspecified atom stereocenters. The fourth-order valence-electron chi connectivity index (χ4n) is 4.27. The number of amidine groups is 1. The van der Waals surface area contributed by atoms with Gasteiger partial charge in [-0.25, -0.2) is 9.38 Å². The van der Waals surface area contributed by atoms with Crippen LogP contribution in [0, 0.1) is 11.7 Å². The number of nitrogens with one attached hydrogen (secondary N) is 1. The summed E-state index contributed by atoms with van der Waals surface area (Å²) in [6.45, 7) is 3.35. The number of fused-ring (bicyclic) bond motifs is 3. The SMILES string of the molecule is Cl.Fc1c(Cl)sc2cc(N=C3C[C@@]4(CN5CCC4CC5)ON3)ccc12. The van der Waals surface area contributed by atoms with Crippen molar-refractivity contribution >= 4 is 57.0 Å². The first-order valence-corrected chi connectivity index (χ1v) is 9.44. The minimum atomic E-state index is -0.343. The molecule has 4 saturated heterocycles. The first-order chi connectivity index (χ1) is 11.6. The minimum absolute atomic E-state index is 0. The van der Waals surface area contributed by atoms with Gasteiger partial charge in [0.15, 0.2) is 5.82 Å².